The van der Waals surface area contributed by atoms with Crippen LogP contribution in [0.15, 0.2) is 5.16 Å². The fraction of sp³-hybridized carbons (Fsp3) is 0.833. The molecular weight excluding hydrogens is 148 g/mol. The van der Waals surface area contributed by atoms with Crippen molar-refractivity contribution in [2.75, 3.05) is 24.7 Å². The van der Waals surface area contributed by atoms with Crippen LogP contribution in [-0.4, -0.2) is 30.4 Å². The Morgan fingerprint density at radius 2 is 2.60 bits per heavy atom. The van der Waals surface area contributed by atoms with Gasteiger partial charge in [-0.1, -0.05) is 5.16 Å². The lowest BCUT2D eigenvalue weighted by atomic mass is 10.3. The van der Waals surface area contributed by atoms with Crippen molar-refractivity contribution >= 4 is 17.5 Å². The Labute approximate surface area is 65.0 Å². The normalized spacial score (nSPS) is 21.9. The molecular formula is C6H12N2OS. The van der Waals surface area contributed by atoms with Gasteiger partial charge in [0, 0.05) is 12.3 Å². The second kappa shape index (κ2) is 4.57. The number of hydrogen-bond acceptors (Lipinski definition) is 4. The van der Waals surface area contributed by atoms with Crippen molar-refractivity contribution in [3.05, 3.63) is 0 Å². The largest absolute Gasteiger partial charge is 0.394 e. The van der Waals surface area contributed by atoms with Crippen LogP contribution in [0.1, 0.15) is 6.42 Å². The second-order valence-corrected chi connectivity index (χ2v) is 3.19. The van der Waals surface area contributed by atoms with Crippen molar-refractivity contribution < 1.29 is 4.84 Å². The fourth-order valence-corrected chi connectivity index (χ4v) is 1.67. The first-order chi connectivity index (χ1) is 4.93. The third kappa shape index (κ3) is 2.58. The van der Waals surface area contributed by atoms with Crippen molar-refractivity contribution in [3.8, 4) is 0 Å². The van der Waals surface area contributed by atoms with Gasteiger partial charge in [0.25, 0.3) is 0 Å². The van der Waals surface area contributed by atoms with E-state index in [1.807, 2.05) is 11.8 Å². The average Bonchev–Trinajstić information content (AvgIpc) is 2.41. The van der Waals surface area contributed by atoms with Crippen molar-refractivity contribution in [2.24, 2.45) is 10.9 Å². The summed E-state index contributed by atoms with van der Waals surface area (Å²) >= 11 is 1.90. The van der Waals surface area contributed by atoms with Gasteiger partial charge in [-0.15, -0.1) is 0 Å². The van der Waals surface area contributed by atoms with Crippen molar-refractivity contribution in [3.63, 3.8) is 0 Å². The van der Waals surface area contributed by atoms with Crippen LogP contribution in [0.25, 0.3) is 0 Å². The topological polar surface area (TPSA) is 47.6 Å². The third-order valence-electron chi connectivity index (χ3n) is 1.21. The Morgan fingerprint density at radius 1 is 1.70 bits per heavy atom. The van der Waals surface area contributed by atoms with E-state index in [1.165, 1.54) is 11.5 Å². The molecule has 0 aromatic rings. The average molecular weight is 160 g/mol. The molecule has 1 aliphatic rings. The summed E-state index contributed by atoms with van der Waals surface area (Å²) in [6, 6.07) is 0. The fourth-order valence-electron chi connectivity index (χ4n) is 0.714. The number of oxime groups is 1. The van der Waals surface area contributed by atoms with Crippen LogP contribution in [0.3, 0.4) is 0 Å². The summed E-state index contributed by atoms with van der Waals surface area (Å²) in [5.41, 5.74) is 6.38. The van der Waals surface area contributed by atoms with Crippen LogP contribution in [0.5, 0.6) is 0 Å². The predicted octanol–water partition coefficient (Wildman–Crippen LogP) is 0.455. The lowest BCUT2D eigenvalue weighted by Crippen LogP contribution is -2.07. The number of hydrogen-bond donors (Lipinski definition) is 1. The molecule has 2 N–H and O–H groups in total. The van der Waals surface area contributed by atoms with Crippen molar-refractivity contribution in [2.45, 2.75) is 6.42 Å². The molecule has 3 nitrogen and oxygen atoms in total. The van der Waals surface area contributed by atoms with Crippen LogP contribution in [-0.2, 0) is 4.84 Å². The Hall–Kier alpha value is -0.220. The van der Waals surface area contributed by atoms with E-state index >= 15 is 0 Å². The number of nitrogens with zero attached hydrogens (tertiary/aromatic N) is 1. The van der Waals surface area contributed by atoms with Crippen LogP contribution < -0.4 is 5.73 Å². The van der Waals surface area contributed by atoms with Gasteiger partial charge in [0.15, 0.2) is 0 Å². The van der Waals surface area contributed by atoms with Gasteiger partial charge >= 0.3 is 0 Å². The first-order valence-electron chi connectivity index (χ1n) is 3.39. The molecule has 0 aromatic heterocycles. The maximum Gasteiger partial charge on any atom is 0.129 e. The van der Waals surface area contributed by atoms with Gasteiger partial charge in [-0.3, -0.25) is 0 Å². The van der Waals surface area contributed by atoms with Crippen LogP contribution >= 0.6 is 11.8 Å². The van der Waals surface area contributed by atoms with Crippen LogP contribution in [0.4, 0.5) is 0 Å². The monoisotopic (exact) mass is 160 g/mol. The van der Waals surface area contributed by atoms with Gasteiger partial charge in [-0.2, -0.15) is 11.8 Å². The molecule has 4 heteroatoms. The van der Waals surface area contributed by atoms with E-state index in [4.69, 9.17) is 10.6 Å². The maximum absolute atomic E-state index is 5.21. The molecule has 0 radical (unpaired) electrons. The SMILES string of the molecule is NCCO/N=C1\CCSC1. The molecule has 0 aromatic carbocycles. The molecule has 1 heterocycles. The standard InChI is InChI=1S/C6H12N2OS/c7-2-3-9-8-6-1-4-10-5-6/h1-5,7H2/b8-6+. The molecule has 0 spiro atoms. The smallest absolute Gasteiger partial charge is 0.129 e. The molecule has 0 saturated carbocycles. The van der Waals surface area contributed by atoms with Crippen LogP contribution in [0.2, 0.25) is 0 Å². The lowest BCUT2D eigenvalue weighted by Gasteiger charge is -1.95. The number of thioether (sulfide) groups is 1. The van der Waals surface area contributed by atoms with Crippen molar-refractivity contribution in [1.29, 1.82) is 0 Å². The minimum Gasteiger partial charge on any atom is -0.394 e. The van der Waals surface area contributed by atoms with Gasteiger partial charge in [-0.25, -0.2) is 0 Å². The highest BCUT2D eigenvalue weighted by Gasteiger charge is 2.08. The van der Waals surface area contributed by atoms with E-state index in [0.29, 0.717) is 13.2 Å². The molecule has 0 aliphatic carbocycles. The zero-order chi connectivity index (χ0) is 7.23. The lowest BCUT2D eigenvalue weighted by molar-refractivity contribution is 0.152. The van der Waals surface area contributed by atoms with Gasteiger partial charge in [0.05, 0.1) is 5.71 Å². The summed E-state index contributed by atoms with van der Waals surface area (Å²) in [4.78, 5) is 4.92. The van der Waals surface area contributed by atoms with E-state index in [-0.39, 0.29) is 0 Å². The summed E-state index contributed by atoms with van der Waals surface area (Å²) in [5, 5.41) is 3.93. The molecule has 1 fully saturated rings. The highest BCUT2D eigenvalue weighted by molar-refractivity contribution is 8.00. The minimum atomic E-state index is 0.536. The molecule has 0 unspecified atom stereocenters. The van der Waals surface area contributed by atoms with Gasteiger partial charge in [0.1, 0.15) is 6.61 Å². The van der Waals surface area contributed by atoms with E-state index in [1.54, 1.807) is 0 Å². The third-order valence-corrected chi connectivity index (χ3v) is 2.24. The number of nitrogens with two attached hydrogens (primary N) is 1. The summed E-state index contributed by atoms with van der Waals surface area (Å²) in [6.45, 7) is 1.08. The molecule has 1 rings (SSSR count). The Morgan fingerprint density at radius 3 is 3.20 bits per heavy atom. The van der Waals surface area contributed by atoms with Crippen molar-refractivity contribution in [1.82, 2.24) is 0 Å². The first-order valence-corrected chi connectivity index (χ1v) is 4.54. The summed E-state index contributed by atoms with van der Waals surface area (Å²) in [7, 11) is 0. The predicted molar refractivity (Wildman–Crippen MR) is 44.4 cm³/mol. The van der Waals surface area contributed by atoms with Gasteiger partial charge < -0.3 is 10.6 Å². The first kappa shape index (κ1) is 7.88. The highest BCUT2D eigenvalue weighted by Crippen LogP contribution is 2.14. The molecule has 0 bridgehead atoms. The molecule has 58 valence electrons. The molecule has 10 heavy (non-hydrogen) atoms. The highest BCUT2D eigenvalue weighted by atomic mass is 32.2. The summed E-state index contributed by atoms with van der Waals surface area (Å²) < 4.78 is 0. The molecule has 1 saturated heterocycles. The molecule has 0 atom stereocenters. The van der Waals surface area contributed by atoms with Gasteiger partial charge in [-0.05, 0) is 12.2 Å². The number of rotatable bonds is 3. The Bertz CT molecular complexity index is 119. The van der Waals surface area contributed by atoms with Gasteiger partial charge in [0.2, 0.25) is 0 Å². The Kier molecular flexibility index (Phi) is 3.60. The maximum atomic E-state index is 5.21. The zero-order valence-electron chi connectivity index (χ0n) is 5.88. The second-order valence-electron chi connectivity index (χ2n) is 2.08. The van der Waals surface area contributed by atoms with E-state index in [0.717, 1.165) is 12.2 Å². The van der Waals surface area contributed by atoms with E-state index in [2.05, 4.69) is 5.16 Å². The Balaban J connectivity index is 2.12. The van der Waals surface area contributed by atoms with Crippen LogP contribution in [0, 0.1) is 0 Å². The quantitative estimate of drug-likeness (QED) is 0.482. The molecule has 1 aliphatic heterocycles. The minimum absolute atomic E-state index is 0.536. The van der Waals surface area contributed by atoms with E-state index in [9.17, 15) is 0 Å². The molecule has 0 amide bonds. The van der Waals surface area contributed by atoms with E-state index < -0.39 is 0 Å². The summed E-state index contributed by atoms with van der Waals surface area (Å²) in [5.74, 6) is 2.22. The zero-order valence-corrected chi connectivity index (χ0v) is 6.69. The summed E-state index contributed by atoms with van der Waals surface area (Å²) in [6.07, 6.45) is 1.08.